The molecule has 1 aliphatic carbocycles. The van der Waals surface area contributed by atoms with E-state index in [0.717, 1.165) is 53.5 Å². The summed E-state index contributed by atoms with van der Waals surface area (Å²) in [6.45, 7) is 0.318. The fraction of sp³-hybridized carbons (Fsp3) is 0.0588. The van der Waals surface area contributed by atoms with E-state index in [1.165, 1.54) is 24.3 Å². The first-order valence-corrected chi connectivity index (χ1v) is 21.3. The summed E-state index contributed by atoms with van der Waals surface area (Å²) in [5.41, 5.74) is 6.88. The molecule has 0 bridgehead atoms. The molecule has 0 amide bonds. The van der Waals surface area contributed by atoms with Crippen molar-refractivity contribution < 1.29 is 28.8 Å². The average Bonchev–Trinajstić information content (AvgIpc) is 3.57. The number of nitro benzene ring substituents is 2. The highest BCUT2D eigenvalue weighted by Crippen LogP contribution is 2.57. The zero-order valence-corrected chi connectivity index (χ0v) is 36.3. The molecular weight excluding hydrogens is 928 g/mol. The molecule has 63 heavy (non-hydrogen) atoms. The Balaban J connectivity index is 1.05. The lowest BCUT2D eigenvalue weighted by Gasteiger charge is -2.34. The van der Waals surface area contributed by atoms with E-state index in [2.05, 4.69) is 56.1 Å². The van der Waals surface area contributed by atoms with Crippen molar-refractivity contribution in [2.75, 3.05) is 0 Å². The number of nitrogens with zero attached hydrogens (tertiary/aromatic N) is 2. The van der Waals surface area contributed by atoms with Crippen molar-refractivity contribution >= 4 is 43.2 Å². The van der Waals surface area contributed by atoms with Gasteiger partial charge in [-0.05, 0) is 105 Å². The number of ether oxygens (including phenoxy) is 4. The average molecular weight is 963 g/mol. The third kappa shape index (κ3) is 8.38. The van der Waals surface area contributed by atoms with Crippen LogP contribution in [0, 0.1) is 20.2 Å². The smallest absolute Gasteiger partial charge is 0.311 e. The van der Waals surface area contributed by atoms with Gasteiger partial charge in [0, 0.05) is 33.2 Å². The van der Waals surface area contributed by atoms with Gasteiger partial charge in [-0.3, -0.25) is 20.2 Å². The van der Waals surface area contributed by atoms with Crippen molar-refractivity contribution in [1.82, 2.24) is 0 Å². The predicted octanol–water partition coefficient (Wildman–Crippen LogP) is 14.1. The Kier molecular flexibility index (Phi) is 11.5. The van der Waals surface area contributed by atoms with Gasteiger partial charge in [-0.15, -0.1) is 0 Å². The van der Waals surface area contributed by atoms with Gasteiger partial charge in [0.1, 0.15) is 36.2 Å². The summed E-state index contributed by atoms with van der Waals surface area (Å²) < 4.78 is 26.3. The van der Waals surface area contributed by atoms with E-state index in [0.29, 0.717) is 23.0 Å². The van der Waals surface area contributed by atoms with E-state index in [1.807, 2.05) is 121 Å². The van der Waals surface area contributed by atoms with Crippen LogP contribution in [0.2, 0.25) is 0 Å². The van der Waals surface area contributed by atoms with E-state index in [4.69, 9.17) is 18.9 Å². The van der Waals surface area contributed by atoms with Gasteiger partial charge in [0.05, 0.1) is 15.3 Å². The van der Waals surface area contributed by atoms with Gasteiger partial charge in [0.25, 0.3) is 0 Å². The first kappa shape index (κ1) is 41.1. The van der Waals surface area contributed by atoms with Gasteiger partial charge in [0.2, 0.25) is 11.5 Å². The van der Waals surface area contributed by atoms with Crippen LogP contribution in [0.5, 0.6) is 34.5 Å². The monoisotopic (exact) mass is 960 g/mol. The standard InChI is InChI=1S/C51H34Br2N2O8/c52-37-15-23-43-44-24-16-38(53)28-46(44)51(45(43)27-37,35-11-17-39(18-12-35)62-41-21-25-47(54(56)57)49(29-41)60-31-33-7-3-1-4-8-33)36-13-19-40(20-14-36)63-42-22-26-48(55(58)59)50(30-42)61-32-34-9-5-2-6-10-34/h1-30H,31-32H2. The van der Waals surface area contributed by atoms with Gasteiger partial charge in [0.15, 0.2) is 0 Å². The highest BCUT2D eigenvalue weighted by atomic mass is 79.9. The summed E-state index contributed by atoms with van der Waals surface area (Å²) in [5.74, 6) is 2.02. The quantitative estimate of drug-likeness (QED) is 0.0780. The topological polar surface area (TPSA) is 123 Å². The summed E-state index contributed by atoms with van der Waals surface area (Å²) in [6.07, 6.45) is 0. The number of benzene rings is 8. The number of fused-ring (bicyclic) bond motifs is 3. The van der Waals surface area contributed by atoms with Crippen molar-refractivity contribution in [3.8, 4) is 45.6 Å². The second-order valence-corrected chi connectivity index (χ2v) is 16.5. The molecule has 0 unspecified atom stereocenters. The third-order valence-electron chi connectivity index (χ3n) is 10.8. The Labute approximate surface area is 378 Å². The summed E-state index contributed by atoms with van der Waals surface area (Å²) in [5, 5.41) is 23.8. The van der Waals surface area contributed by atoms with Crippen LogP contribution < -0.4 is 18.9 Å². The lowest BCUT2D eigenvalue weighted by Crippen LogP contribution is -2.28. The lowest BCUT2D eigenvalue weighted by molar-refractivity contribution is -0.386. The lowest BCUT2D eigenvalue weighted by atomic mass is 9.67. The minimum atomic E-state index is -0.799. The van der Waals surface area contributed by atoms with Crippen molar-refractivity contribution in [3.05, 3.63) is 245 Å². The van der Waals surface area contributed by atoms with E-state index in [1.54, 1.807) is 12.1 Å². The second-order valence-electron chi connectivity index (χ2n) is 14.7. The van der Waals surface area contributed by atoms with Crippen LogP contribution in [0.4, 0.5) is 11.4 Å². The molecular formula is C51H34Br2N2O8. The number of hydrogen-bond acceptors (Lipinski definition) is 8. The van der Waals surface area contributed by atoms with Crippen molar-refractivity contribution in [1.29, 1.82) is 0 Å². The number of nitro groups is 2. The van der Waals surface area contributed by atoms with Gasteiger partial charge in [-0.2, -0.15) is 0 Å². The van der Waals surface area contributed by atoms with Gasteiger partial charge in [-0.25, -0.2) is 0 Å². The van der Waals surface area contributed by atoms with Crippen molar-refractivity contribution in [2.45, 2.75) is 18.6 Å². The Hall–Kier alpha value is -7.28. The van der Waals surface area contributed by atoms with Gasteiger partial charge >= 0.3 is 11.4 Å². The molecule has 0 aromatic heterocycles. The van der Waals surface area contributed by atoms with Crippen molar-refractivity contribution in [2.24, 2.45) is 0 Å². The molecule has 0 radical (unpaired) electrons. The van der Waals surface area contributed by atoms with Gasteiger partial charge in [-0.1, -0.05) is 129 Å². The molecule has 0 atom stereocenters. The summed E-state index contributed by atoms with van der Waals surface area (Å²) in [4.78, 5) is 22.8. The maximum atomic E-state index is 11.9. The van der Waals surface area contributed by atoms with Gasteiger partial charge < -0.3 is 18.9 Å². The van der Waals surface area contributed by atoms with E-state index >= 15 is 0 Å². The molecule has 310 valence electrons. The molecule has 0 saturated heterocycles. The molecule has 8 aromatic rings. The molecule has 0 saturated carbocycles. The molecule has 0 N–H and O–H groups in total. The summed E-state index contributed by atoms with van der Waals surface area (Å²) >= 11 is 7.50. The van der Waals surface area contributed by atoms with E-state index in [-0.39, 0.29) is 36.1 Å². The van der Waals surface area contributed by atoms with Crippen LogP contribution in [0.1, 0.15) is 33.4 Å². The molecule has 1 aliphatic rings. The zero-order chi connectivity index (χ0) is 43.5. The highest BCUT2D eigenvalue weighted by Gasteiger charge is 2.46. The molecule has 0 aliphatic heterocycles. The Morgan fingerprint density at radius 2 is 0.825 bits per heavy atom. The van der Waals surface area contributed by atoms with Crippen LogP contribution in [0.15, 0.2) is 191 Å². The first-order valence-electron chi connectivity index (χ1n) is 19.7. The molecule has 8 aromatic carbocycles. The first-order chi connectivity index (χ1) is 30.6. The Bertz CT molecular complexity index is 2780. The van der Waals surface area contributed by atoms with E-state index < -0.39 is 15.3 Å². The van der Waals surface area contributed by atoms with E-state index in [9.17, 15) is 20.2 Å². The third-order valence-corrected chi connectivity index (χ3v) is 11.8. The fourth-order valence-electron chi connectivity index (χ4n) is 7.99. The van der Waals surface area contributed by atoms with Crippen molar-refractivity contribution in [3.63, 3.8) is 0 Å². The van der Waals surface area contributed by atoms with Crippen LogP contribution in [0.3, 0.4) is 0 Å². The maximum Gasteiger partial charge on any atom is 0.311 e. The molecule has 0 heterocycles. The molecule has 9 rings (SSSR count). The number of halogens is 2. The maximum absolute atomic E-state index is 11.9. The second kappa shape index (κ2) is 17.6. The minimum Gasteiger partial charge on any atom is -0.482 e. The largest absolute Gasteiger partial charge is 0.482 e. The fourth-order valence-corrected chi connectivity index (χ4v) is 8.72. The zero-order valence-electron chi connectivity index (χ0n) is 33.2. The normalized spacial score (nSPS) is 12.2. The van der Waals surface area contributed by atoms with Crippen LogP contribution in [-0.4, -0.2) is 9.85 Å². The number of rotatable bonds is 14. The van der Waals surface area contributed by atoms with Crippen LogP contribution in [-0.2, 0) is 18.6 Å². The number of hydrogen-bond donors (Lipinski definition) is 0. The summed E-state index contributed by atoms with van der Waals surface area (Å²) in [7, 11) is 0. The Morgan fingerprint density at radius 3 is 1.21 bits per heavy atom. The minimum absolute atomic E-state index is 0.102. The van der Waals surface area contributed by atoms with Crippen LogP contribution in [0.25, 0.3) is 11.1 Å². The highest BCUT2D eigenvalue weighted by molar-refractivity contribution is 9.10. The Morgan fingerprint density at radius 1 is 0.444 bits per heavy atom. The predicted molar refractivity (Wildman–Crippen MR) is 247 cm³/mol. The SMILES string of the molecule is O=[N+]([O-])c1ccc(Oc2ccc(C3(c4ccc(Oc5ccc([N+](=O)[O-])c(OCc6ccccc6)c5)cc4)c4cc(Br)ccc4-c4ccc(Br)cc43)cc2)cc1OCc1ccccc1. The summed E-state index contributed by atoms with van der Waals surface area (Å²) in [6, 6.07) is 56.2. The molecule has 10 nitrogen and oxygen atoms in total. The molecule has 0 fully saturated rings. The molecule has 0 spiro atoms. The molecule has 12 heteroatoms. The van der Waals surface area contributed by atoms with Crippen LogP contribution >= 0.6 is 31.9 Å².